The Morgan fingerprint density at radius 1 is 0.571 bits per heavy atom. The van der Waals surface area contributed by atoms with Gasteiger partial charge >= 0.3 is 0 Å². The van der Waals surface area contributed by atoms with Crippen molar-refractivity contribution in [3.05, 3.63) is 0 Å². The highest BCUT2D eigenvalue weighted by Crippen LogP contribution is 2.26. The Morgan fingerprint density at radius 3 is 1.52 bits per heavy atom. The maximum absolute atomic E-state index is 8.71. The maximum atomic E-state index is 8.71. The van der Waals surface area contributed by atoms with E-state index in [1.54, 1.807) is 0 Å². The van der Waals surface area contributed by atoms with E-state index in [-0.39, 0.29) is 7.43 Å². The van der Waals surface area contributed by atoms with Crippen LogP contribution in [0.5, 0.6) is 0 Å². The van der Waals surface area contributed by atoms with E-state index in [1.165, 1.54) is 103 Å². The SMILES string of the molecule is C.OCCCCCCCCCCCC1CCCCCCC1. The summed E-state index contributed by atoms with van der Waals surface area (Å²) < 4.78 is 0. The molecule has 0 saturated heterocycles. The first-order valence-corrected chi connectivity index (χ1v) is 9.54. The van der Waals surface area contributed by atoms with Crippen molar-refractivity contribution in [3.8, 4) is 0 Å². The van der Waals surface area contributed by atoms with Gasteiger partial charge in [0, 0.05) is 6.61 Å². The normalized spacial score (nSPS) is 17.0. The lowest BCUT2D eigenvalue weighted by atomic mass is 9.87. The lowest BCUT2D eigenvalue weighted by molar-refractivity contribution is 0.282. The molecule has 1 heteroatoms. The van der Waals surface area contributed by atoms with Crippen molar-refractivity contribution >= 4 is 0 Å². The van der Waals surface area contributed by atoms with Gasteiger partial charge in [-0.05, 0) is 12.3 Å². The second-order valence-electron chi connectivity index (χ2n) is 6.91. The summed E-state index contributed by atoms with van der Waals surface area (Å²) in [4.78, 5) is 0. The highest BCUT2D eigenvalue weighted by molar-refractivity contribution is 4.64. The van der Waals surface area contributed by atoms with Gasteiger partial charge in [-0.15, -0.1) is 0 Å². The molecule has 1 rings (SSSR count). The highest BCUT2D eigenvalue weighted by Gasteiger charge is 2.10. The van der Waals surface area contributed by atoms with E-state index in [0.29, 0.717) is 6.61 Å². The molecule has 0 unspecified atom stereocenters. The smallest absolute Gasteiger partial charge is 0.0431 e. The Bertz CT molecular complexity index is 182. The minimum atomic E-state index is 0. The van der Waals surface area contributed by atoms with Crippen molar-refractivity contribution in [3.63, 3.8) is 0 Å². The summed E-state index contributed by atoms with van der Waals surface area (Å²) in [5.41, 5.74) is 0. The number of aliphatic hydroxyl groups excluding tert-OH is 1. The van der Waals surface area contributed by atoms with Gasteiger partial charge in [-0.1, -0.05) is 110 Å². The van der Waals surface area contributed by atoms with Gasteiger partial charge in [0.2, 0.25) is 0 Å². The Labute approximate surface area is 134 Å². The molecule has 1 saturated carbocycles. The number of unbranched alkanes of at least 4 members (excludes halogenated alkanes) is 8. The van der Waals surface area contributed by atoms with Crippen molar-refractivity contribution in [2.45, 2.75) is 117 Å². The maximum Gasteiger partial charge on any atom is 0.0431 e. The molecule has 0 radical (unpaired) electrons. The van der Waals surface area contributed by atoms with E-state index >= 15 is 0 Å². The van der Waals surface area contributed by atoms with Crippen LogP contribution in [0.25, 0.3) is 0 Å². The van der Waals surface area contributed by atoms with Crippen LogP contribution in [0.15, 0.2) is 0 Å². The van der Waals surface area contributed by atoms with Crippen LogP contribution < -0.4 is 0 Å². The first kappa shape index (κ1) is 21.0. The summed E-state index contributed by atoms with van der Waals surface area (Å²) in [5.74, 6) is 1.06. The van der Waals surface area contributed by atoms with Crippen LogP contribution in [0.2, 0.25) is 0 Å². The van der Waals surface area contributed by atoms with Gasteiger partial charge in [0.25, 0.3) is 0 Å². The van der Waals surface area contributed by atoms with Gasteiger partial charge in [-0.2, -0.15) is 0 Å². The molecular weight excluding hydrogens is 256 g/mol. The molecule has 1 N–H and O–H groups in total. The third-order valence-electron chi connectivity index (χ3n) is 5.00. The first-order chi connectivity index (χ1) is 9.93. The molecule has 0 aromatic rings. The van der Waals surface area contributed by atoms with Crippen LogP contribution in [-0.4, -0.2) is 11.7 Å². The Balaban J connectivity index is 0.00000400. The number of hydrogen-bond acceptors (Lipinski definition) is 1. The summed E-state index contributed by atoms with van der Waals surface area (Å²) in [6.07, 6.45) is 24.2. The molecule has 0 aliphatic heterocycles. The fraction of sp³-hybridized carbons (Fsp3) is 1.00. The molecule has 128 valence electrons. The minimum absolute atomic E-state index is 0. The first-order valence-electron chi connectivity index (χ1n) is 9.54. The van der Waals surface area contributed by atoms with Crippen LogP contribution in [0.4, 0.5) is 0 Å². The molecule has 0 bridgehead atoms. The monoisotopic (exact) mass is 298 g/mol. The Kier molecular flexibility index (Phi) is 16.3. The Morgan fingerprint density at radius 2 is 1.00 bits per heavy atom. The average Bonchev–Trinajstić information content (AvgIpc) is 2.42. The van der Waals surface area contributed by atoms with Crippen molar-refractivity contribution in [1.82, 2.24) is 0 Å². The molecule has 0 heterocycles. The van der Waals surface area contributed by atoms with Crippen molar-refractivity contribution in [1.29, 1.82) is 0 Å². The third kappa shape index (κ3) is 13.4. The number of hydrogen-bond donors (Lipinski definition) is 1. The molecule has 0 atom stereocenters. The van der Waals surface area contributed by atoms with Gasteiger partial charge in [0.1, 0.15) is 0 Å². The summed E-state index contributed by atoms with van der Waals surface area (Å²) in [6, 6.07) is 0. The van der Waals surface area contributed by atoms with Crippen molar-refractivity contribution in [2.24, 2.45) is 5.92 Å². The van der Waals surface area contributed by atoms with E-state index in [1.807, 2.05) is 0 Å². The van der Waals surface area contributed by atoms with Crippen LogP contribution >= 0.6 is 0 Å². The van der Waals surface area contributed by atoms with Gasteiger partial charge in [0.05, 0.1) is 0 Å². The standard InChI is InChI=1S/C19H38O.CH4/c20-18-14-10-5-3-1-2-4-7-11-15-19-16-12-8-6-9-13-17-19;/h19-20H,1-18H2;1H4. The van der Waals surface area contributed by atoms with Gasteiger partial charge < -0.3 is 5.11 Å². The van der Waals surface area contributed by atoms with Crippen LogP contribution in [0.1, 0.15) is 117 Å². The van der Waals surface area contributed by atoms with Crippen molar-refractivity contribution in [2.75, 3.05) is 6.61 Å². The predicted octanol–water partition coefficient (Wildman–Crippen LogP) is 6.88. The molecule has 1 nitrogen and oxygen atoms in total. The average molecular weight is 299 g/mol. The fourth-order valence-electron chi connectivity index (χ4n) is 3.61. The lowest BCUT2D eigenvalue weighted by Crippen LogP contribution is -2.03. The van der Waals surface area contributed by atoms with Crippen LogP contribution in [-0.2, 0) is 0 Å². The molecule has 0 amide bonds. The molecule has 21 heavy (non-hydrogen) atoms. The second-order valence-corrected chi connectivity index (χ2v) is 6.91. The summed E-state index contributed by atoms with van der Waals surface area (Å²) in [6.45, 7) is 0.376. The van der Waals surface area contributed by atoms with Gasteiger partial charge in [-0.25, -0.2) is 0 Å². The zero-order valence-corrected chi connectivity index (χ0v) is 13.8. The van der Waals surface area contributed by atoms with Crippen LogP contribution in [0, 0.1) is 5.92 Å². The van der Waals surface area contributed by atoms with E-state index < -0.39 is 0 Å². The molecular formula is C20H42O. The van der Waals surface area contributed by atoms with Gasteiger partial charge in [-0.3, -0.25) is 0 Å². The zero-order valence-electron chi connectivity index (χ0n) is 13.8. The topological polar surface area (TPSA) is 20.2 Å². The van der Waals surface area contributed by atoms with E-state index in [0.717, 1.165) is 12.3 Å². The van der Waals surface area contributed by atoms with E-state index in [2.05, 4.69) is 0 Å². The molecule has 1 fully saturated rings. The van der Waals surface area contributed by atoms with Crippen LogP contribution in [0.3, 0.4) is 0 Å². The summed E-state index contributed by atoms with van der Waals surface area (Å²) >= 11 is 0. The number of aliphatic hydroxyl groups is 1. The quantitative estimate of drug-likeness (QED) is 0.412. The van der Waals surface area contributed by atoms with Crippen molar-refractivity contribution < 1.29 is 5.11 Å². The lowest BCUT2D eigenvalue weighted by Gasteiger charge is -2.19. The largest absolute Gasteiger partial charge is 0.396 e. The molecule has 0 spiro atoms. The molecule has 0 aromatic heterocycles. The number of rotatable bonds is 11. The zero-order chi connectivity index (χ0) is 14.3. The fourth-order valence-corrected chi connectivity index (χ4v) is 3.61. The third-order valence-corrected chi connectivity index (χ3v) is 5.00. The Hall–Kier alpha value is -0.0400. The van der Waals surface area contributed by atoms with E-state index in [9.17, 15) is 0 Å². The minimum Gasteiger partial charge on any atom is -0.396 e. The second kappa shape index (κ2) is 16.3. The molecule has 1 aliphatic rings. The van der Waals surface area contributed by atoms with Gasteiger partial charge in [0.15, 0.2) is 0 Å². The van der Waals surface area contributed by atoms with E-state index in [4.69, 9.17) is 5.11 Å². The predicted molar refractivity (Wildman–Crippen MR) is 95.8 cm³/mol. The highest BCUT2D eigenvalue weighted by atomic mass is 16.2. The summed E-state index contributed by atoms with van der Waals surface area (Å²) in [5, 5.41) is 8.71. The molecule has 1 aliphatic carbocycles. The molecule has 0 aromatic carbocycles. The summed E-state index contributed by atoms with van der Waals surface area (Å²) in [7, 11) is 0.